The molecule has 1 N–H and O–H groups in total. The van der Waals surface area contributed by atoms with Crippen LogP contribution < -0.4 is 0 Å². The second-order valence-electron chi connectivity index (χ2n) is 4.54. The van der Waals surface area contributed by atoms with Crippen molar-refractivity contribution in [2.24, 2.45) is 5.92 Å². The lowest BCUT2D eigenvalue weighted by Crippen LogP contribution is -2.17. The Kier molecular flexibility index (Phi) is 3.52. The van der Waals surface area contributed by atoms with E-state index in [2.05, 4.69) is 4.98 Å². The lowest BCUT2D eigenvalue weighted by Gasteiger charge is -2.12. The van der Waals surface area contributed by atoms with Gasteiger partial charge in [0.15, 0.2) is 5.76 Å². The highest BCUT2D eigenvalue weighted by atomic mass is 32.1. The first-order valence-corrected chi connectivity index (χ1v) is 6.62. The number of hydrogen-bond donors (Lipinski definition) is 1. The Morgan fingerprint density at radius 2 is 2.17 bits per heavy atom. The van der Waals surface area contributed by atoms with E-state index in [0.717, 1.165) is 5.76 Å². The third-order valence-corrected chi connectivity index (χ3v) is 3.64. The Balaban J connectivity index is 2.32. The fourth-order valence-electron chi connectivity index (χ4n) is 1.79. The number of carboxylic acids is 1. The molecule has 2 aromatic rings. The average molecular weight is 265 g/mol. The van der Waals surface area contributed by atoms with Crippen molar-refractivity contribution < 1.29 is 14.3 Å². The van der Waals surface area contributed by atoms with E-state index < -0.39 is 11.9 Å². The van der Waals surface area contributed by atoms with Crippen LogP contribution in [0.4, 0.5) is 0 Å². The third kappa shape index (κ3) is 2.46. The van der Waals surface area contributed by atoms with E-state index in [4.69, 9.17) is 4.42 Å². The van der Waals surface area contributed by atoms with Crippen LogP contribution in [-0.4, -0.2) is 16.1 Å². The summed E-state index contributed by atoms with van der Waals surface area (Å²) in [4.78, 5) is 15.6. The van der Waals surface area contributed by atoms with E-state index in [-0.39, 0.29) is 5.92 Å². The van der Waals surface area contributed by atoms with E-state index >= 15 is 0 Å². The van der Waals surface area contributed by atoms with Crippen LogP contribution in [0.15, 0.2) is 21.9 Å². The first kappa shape index (κ1) is 12.8. The van der Waals surface area contributed by atoms with Crippen LogP contribution in [-0.2, 0) is 4.79 Å². The number of nitrogens with zero attached hydrogens (tertiary/aromatic N) is 1. The van der Waals surface area contributed by atoms with Gasteiger partial charge < -0.3 is 9.52 Å². The standard InChI is InChI=1S/C13H15NO3S/c1-7(2)11(13(15)16)12-14-9(6-18-12)10-5-4-8(3)17-10/h4-7,11H,1-3H3,(H,15,16). The van der Waals surface area contributed by atoms with Crippen LogP contribution in [0.1, 0.15) is 30.5 Å². The minimum absolute atomic E-state index is 0.0137. The zero-order valence-electron chi connectivity index (χ0n) is 10.5. The molecule has 96 valence electrons. The van der Waals surface area contributed by atoms with E-state index in [1.807, 2.05) is 38.3 Å². The Hall–Kier alpha value is -1.62. The van der Waals surface area contributed by atoms with Crippen molar-refractivity contribution in [2.75, 3.05) is 0 Å². The summed E-state index contributed by atoms with van der Waals surface area (Å²) in [5.74, 6) is 0.127. The van der Waals surface area contributed by atoms with Gasteiger partial charge in [-0.1, -0.05) is 13.8 Å². The number of carboxylic acid groups (broad SMARTS) is 1. The second-order valence-corrected chi connectivity index (χ2v) is 5.43. The molecule has 2 heterocycles. The molecule has 2 rings (SSSR count). The average Bonchev–Trinajstić information content (AvgIpc) is 2.85. The van der Waals surface area contributed by atoms with Crippen molar-refractivity contribution in [3.8, 4) is 11.5 Å². The Morgan fingerprint density at radius 1 is 1.44 bits per heavy atom. The Morgan fingerprint density at radius 3 is 2.67 bits per heavy atom. The zero-order chi connectivity index (χ0) is 13.3. The Bertz CT molecular complexity index is 556. The maximum absolute atomic E-state index is 11.2. The van der Waals surface area contributed by atoms with Crippen LogP contribution in [0.5, 0.6) is 0 Å². The molecule has 18 heavy (non-hydrogen) atoms. The summed E-state index contributed by atoms with van der Waals surface area (Å²) in [6.07, 6.45) is 0. The summed E-state index contributed by atoms with van der Waals surface area (Å²) < 4.78 is 5.48. The number of rotatable bonds is 4. The highest BCUT2D eigenvalue weighted by Gasteiger charge is 2.27. The van der Waals surface area contributed by atoms with Gasteiger partial charge in [-0.15, -0.1) is 11.3 Å². The van der Waals surface area contributed by atoms with E-state index in [0.29, 0.717) is 16.5 Å². The summed E-state index contributed by atoms with van der Waals surface area (Å²) in [6, 6.07) is 3.71. The third-order valence-electron chi connectivity index (χ3n) is 2.71. The van der Waals surface area contributed by atoms with Gasteiger partial charge in [0.2, 0.25) is 0 Å². The van der Waals surface area contributed by atoms with Crippen LogP contribution in [0.2, 0.25) is 0 Å². The predicted molar refractivity (Wildman–Crippen MR) is 69.8 cm³/mol. The molecule has 1 unspecified atom stereocenters. The number of hydrogen-bond acceptors (Lipinski definition) is 4. The van der Waals surface area contributed by atoms with Gasteiger partial charge in [-0.05, 0) is 25.0 Å². The highest BCUT2D eigenvalue weighted by Crippen LogP contribution is 2.31. The predicted octanol–water partition coefficient (Wildman–Crippen LogP) is 3.54. The lowest BCUT2D eigenvalue weighted by molar-refractivity contribution is -0.139. The highest BCUT2D eigenvalue weighted by molar-refractivity contribution is 7.10. The maximum Gasteiger partial charge on any atom is 0.313 e. The molecule has 2 aromatic heterocycles. The number of thiazole rings is 1. The molecule has 0 saturated heterocycles. The normalized spacial score (nSPS) is 12.9. The van der Waals surface area contributed by atoms with Crippen molar-refractivity contribution in [2.45, 2.75) is 26.7 Å². The van der Waals surface area contributed by atoms with Crippen molar-refractivity contribution in [3.63, 3.8) is 0 Å². The number of aromatic nitrogens is 1. The van der Waals surface area contributed by atoms with E-state index in [9.17, 15) is 9.90 Å². The monoisotopic (exact) mass is 265 g/mol. The van der Waals surface area contributed by atoms with Crippen LogP contribution in [0.3, 0.4) is 0 Å². The lowest BCUT2D eigenvalue weighted by atomic mass is 9.97. The summed E-state index contributed by atoms with van der Waals surface area (Å²) in [6.45, 7) is 5.64. The largest absolute Gasteiger partial charge is 0.481 e. The molecular weight excluding hydrogens is 250 g/mol. The van der Waals surface area contributed by atoms with Crippen molar-refractivity contribution >= 4 is 17.3 Å². The molecule has 0 radical (unpaired) electrons. The quantitative estimate of drug-likeness (QED) is 0.918. The summed E-state index contributed by atoms with van der Waals surface area (Å²) >= 11 is 1.37. The van der Waals surface area contributed by atoms with Crippen molar-refractivity contribution in [3.05, 3.63) is 28.3 Å². The van der Waals surface area contributed by atoms with Gasteiger partial charge in [-0.3, -0.25) is 4.79 Å². The van der Waals surface area contributed by atoms with Crippen LogP contribution in [0, 0.1) is 12.8 Å². The van der Waals surface area contributed by atoms with Gasteiger partial charge in [0.05, 0.1) is 0 Å². The van der Waals surface area contributed by atoms with Gasteiger partial charge in [0.1, 0.15) is 22.4 Å². The molecule has 0 amide bonds. The number of furan rings is 1. The number of aliphatic carboxylic acids is 1. The number of carbonyl (C=O) groups is 1. The molecule has 0 aliphatic heterocycles. The summed E-state index contributed by atoms with van der Waals surface area (Å²) in [7, 11) is 0. The first-order chi connectivity index (χ1) is 8.49. The fourth-order valence-corrected chi connectivity index (χ4v) is 2.86. The molecule has 0 aliphatic rings. The van der Waals surface area contributed by atoms with Crippen LogP contribution in [0.25, 0.3) is 11.5 Å². The minimum Gasteiger partial charge on any atom is -0.481 e. The van der Waals surface area contributed by atoms with Gasteiger partial charge in [-0.25, -0.2) is 4.98 Å². The molecular formula is C13H15NO3S. The fraction of sp³-hybridized carbons (Fsp3) is 0.385. The SMILES string of the molecule is Cc1ccc(-c2csc(C(C(=O)O)C(C)C)n2)o1. The molecule has 1 atom stereocenters. The van der Waals surface area contributed by atoms with Gasteiger partial charge in [0, 0.05) is 5.38 Å². The van der Waals surface area contributed by atoms with Crippen molar-refractivity contribution in [1.82, 2.24) is 4.98 Å². The van der Waals surface area contributed by atoms with Gasteiger partial charge in [0.25, 0.3) is 0 Å². The van der Waals surface area contributed by atoms with Gasteiger partial charge >= 0.3 is 5.97 Å². The molecule has 0 bridgehead atoms. The molecule has 0 fully saturated rings. The molecule has 0 aromatic carbocycles. The molecule has 5 heteroatoms. The topological polar surface area (TPSA) is 63.3 Å². The molecule has 0 aliphatic carbocycles. The maximum atomic E-state index is 11.2. The second kappa shape index (κ2) is 4.94. The first-order valence-electron chi connectivity index (χ1n) is 5.74. The minimum atomic E-state index is -0.832. The van der Waals surface area contributed by atoms with Crippen molar-refractivity contribution in [1.29, 1.82) is 0 Å². The molecule has 0 spiro atoms. The van der Waals surface area contributed by atoms with Gasteiger partial charge in [-0.2, -0.15) is 0 Å². The van der Waals surface area contributed by atoms with E-state index in [1.165, 1.54) is 11.3 Å². The zero-order valence-corrected chi connectivity index (χ0v) is 11.3. The number of aryl methyl sites for hydroxylation is 1. The summed E-state index contributed by atoms with van der Waals surface area (Å²) in [5, 5.41) is 11.7. The molecule has 4 nitrogen and oxygen atoms in total. The van der Waals surface area contributed by atoms with E-state index in [1.54, 1.807) is 0 Å². The Labute approximate surface area is 109 Å². The van der Waals surface area contributed by atoms with Crippen LogP contribution >= 0.6 is 11.3 Å². The summed E-state index contributed by atoms with van der Waals surface area (Å²) in [5.41, 5.74) is 0.704. The smallest absolute Gasteiger partial charge is 0.313 e. The molecule has 0 saturated carbocycles.